The summed E-state index contributed by atoms with van der Waals surface area (Å²) in [5, 5.41) is 2.29. The highest BCUT2D eigenvalue weighted by Gasteiger charge is 2.20. The number of hydrogen-bond acceptors (Lipinski definition) is 2. The molecule has 1 nitrogen and oxygen atoms in total. The van der Waals surface area contributed by atoms with E-state index in [9.17, 15) is 4.79 Å². The monoisotopic (exact) mass is 284 g/mol. The van der Waals surface area contributed by atoms with Gasteiger partial charge in [-0.1, -0.05) is 29.8 Å². The summed E-state index contributed by atoms with van der Waals surface area (Å²) < 4.78 is 0. The lowest BCUT2D eigenvalue weighted by atomic mass is 9.99. The highest BCUT2D eigenvalue weighted by molar-refractivity contribution is 7.10. The first-order valence-electron chi connectivity index (χ1n) is 5.14. The minimum absolute atomic E-state index is 0.282. The largest absolute Gasteiger partial charge is 0.281 e. The van der Waals surface area contributed by atoms with Crippen molar-refractivity contribution in [3.8, 4) is 0 Å². The second-order valence-corrected chi connectivity index (χ2v) is 5.49. The van der Waals surface area contributed by atoms with Crippen LogP contribution in [0.15, 0.2) is 41.8 Å². The van der Waals surface area contributed by atoms with Gasteiger partial charge in [0.05, 0.1) is 5.92 Å². The Kier molecular flexibility index (Phi) is 4.21. The Morgan fingerprint density at radius 3 is 2.71 bits per heavy atom. The molecule has 0 N–H and O–H groups in total. The molecular weight excluding hydrogens is 275 g/mol. The minimum atomic E-state index is -0.326. The molecule has 2 rings (SSSR count). The normalized spacial score (nSPS) is 12.4. The maximum absolute atomic E-state index is 11.5. The van der Waals surface area contributed by atoms with Gasteiger partial charge in [-0.05, 0) is 47.2 Å². The second kappa shape index (κ2) is 5.67. The van der Waals surface area contributed by atoms with Crippen LogP contribution in [-0.2, 0) is 11.2 Å². The van der Waals surface area contributed by atoms with Gasteiger partial charge in [-0.25, -0.2) is 0 Å². The van der Waals surface area contributed by atoms with Crippen LogP contribution >= 0.6 is 34.5 Å². The van der Waals surface area contributed by atoms with Gasteiger partial charge in [-0.15, -0.1) is 11.3 Å². The van der Waals surface area contributed by atoms with Crippen LogP contribution in [0.1, 0.15) is 16.4 Å². The van der Waals surface area contributed by atoms with E-state index in [1.807, 2.05) is 41.8 Å². The fourth-order valence-corrected chi connectivity index (χ4v) is 2.98. The maximum Gasteiger partial charge on any atom is 0.230 e. The van der Waals surface area contributed by atoms with Crippen LogP contribution in [0.2, 0.25) is 5.02 Å². The van der Waals surface area contributed by atoms with Crippen molar-refractivity contribution in [1.82, 2.24) is 0 Å². The summed E-state index contributed by atoms with van der Waals surface area (Å²) >= 11 is 13.1. The van der Waals surface area contributed by atoms with Crippen molar-refractivity contribution < 1.29 is 4.79 Å². The minimum Gasteiger partial charge on any atom is -0.281 e. The molecule has 0 fully saturated rings. The molecule has 0 saturated heterocycles. The van der Waals surface area contributed by atoms with Crippen LogP contribution < -0.4 is 0 Å². The molecule has 4 heteroatoms. The Hall–Kier alpha value is -0.830. The van der Waals surface area contributed by atoms with Gasteiger partial charge in [0.25, 0.3) is 0 Å². The van der Waals surface area contributed by atoms with E-state index in [1.165, 1.54) is 0 Å². The van der Waals surface area contributed by atoms with E-state index in [1.54, 1.807) is 11.3 Å². The summed E-state index contributed by atoms with van der Waals surface area (Å²) in [7, 11) is 0. The highest BCUT2D eigenvalue weighted by Crippen LogP contribution is 2.28. The molecule has 0 amide bonds. The Balaban J connectivity index is 2.22. The lowest BCUT2D eigenvalue weighted by Gasteiger charge is -2.10. The molecule has 0 aliphatic rings. The first-order valence-corrected chi connectivity index (χ1v) is 6.77. The van der Waals surface area contributed by atoms with E-state index in [4.69, 9.17) is 23.2 Å². The first kappa shape index (κ1) is 12.6. The number of hydrogen-bond donors (Lipinski definition) is 0. The molecule has 1 atom stereocenters. The molecule has 0 radical (unpaired) electrons. The van der Waals surface area contributed by atoms with Crippen molar-refractivity contribution in [3.05, 3.63) is 57.2 Å². The third kappa shape index (κ3) is 3.32. The quantitative estimate of drug-likeness (QED) is 0.756. The highest BCUT2D eigenvalue weighted by atomic mass is 35.5. The molecule has 1 aromatic heterocycles. The topological polar surface area (TPSA) is 17.1 Å². The molecule has 1 aromatic carbocycles. The summed E-state index contributed by atoms with van der Waals surface area (Å²) in [6.07, 6.45) is 0.587. The average molecular weight is 285 g/mol. The van der Waals surface area contributed by atoms with Crippen molar-refractivity contribution in [3.63, 3.8) is 0 Å². The van der Waals surface area contributed by atoms with Crippen LogP contribution in [0.3, 0.4) is 0 Å². The van der Waals surface area contributed by atoms with Gasteiger partial charge >= 0.3 is 0 Å². The van der Waals surface area contributed by atoms with Crippen molar-refractivity contribution >= 4 is 39.8 Å². The Labute approximate surface area is 114 Å². The number of halogens is 2. The molecule has 0 saturated carbocycles. The summed E-state index contributed by atoms with van der Waals surface area (Å²) in [6.45, 7) is 0. The molecule has 0 bridgehead atoms. The van der Waals surface area contributed by atoms with E-state index in [0.29, 0.717) is 11.4 Å². The number of carbonyl (C=O) groups excluding carboxylic acids is 1. The van der Waals surface area contributed by atoms with Crippen molar-refractivity contribution in [2.75, 3.05) is 0 Å². The van der Waals surface area contributed by atoms with Crippen molar-refractivity contribution in [1.29, 1.82) is 0 Å². The van der Waals surface area contributed by atoms with E-state index in [2.05, 4.69) is 0 Å². The maximum atomic E-state index is 11.5. The van der Waals surface area contributed by atoms with Crippen molar-refractivity contribution in [2.24, 2.45) is 0 Å². The molecule has 1 heterocycles. The second-order valence-electron chi connectivity index (χ2n) is 3.71. The number of carbonyl (C=O) groups is 1. The predicted octanol–water partition coefficient (Wildman–Crippen LogP) is 4.49. The smallest absolute Gasteiger partial charge is 0.230 e. The third-order valence-corrected chi connectivity index (χ3v) is 3.97. The molecule has 0 aliphatic heterocycles. The molecule has 1 unspecified atom stereocenters. The van der Waals surface area contributed by atoms with Crippen LogP contribution in [0.25, 0.3) is 0 Å². The molecule has 17 heavy (non-hydrogen) atoms. The van der Waals surface area contributed by atoms with Gasteiger partial charge in [-0.2, -0.15) is 0 Å². The van der Waals surface area contributed by atoms with E-state index in [0.717, 1.165) is 10.4 Å². The molecule has 0 spiro atoms. The summed E-state index contributed by atoms with van der Waals surface area (Å²) in [5.41, 5.74) is 1.02. The Bertz CT molecular complexity index is 508. The summed E-state index contributed by atoms with van der Waals surface area (Å²) in [6, 6.07) is 11.4. The van der Waals surface area contributed by atoms with E-state index < -0.39 is 0 Å². The van der Waals surface area contributed by atoms with Gasteiger partial charge in [0.1, 0.15) is 0 Å². The lowest BCUT2D eigenvalue weighted by Crippen LogP contribution is -2.08. The number of benzene rings is 1. The molecule has 2 aromatic rings. The van der Waals surface area contributed by atoms with Gasteiger partial charge in [0.2, 0.25) is 5.24 Å². The summed E-state index contributed by atoms with van der Waals surface area (Å²) in [4.78, 5) is 12.5. The fraction of sp³-hybridized carbons (Fsp3) is 0.154. The van der Waals surface area contributed by atoms with Crippen LogP contribution in [0.4, 0.5) is 0 Å². The van der Waals surface area contributed by atoms with Crippen molar-refractivity contribution in [2.45, 2.75) is 12.3 Å². The zero-order valence-electron chi connectivity index (χ0n) is 8.90. The molecule has 0 aliphatic carbocycles. The number of thiophene rings is 1. The number of rotatable bonds is 4. The standard InChI is InChI=1S/C13H10Cl2OS/c14-10-4-1-3-9(7-10)8-11(13(15)16)12-5-2-6-17-12/h1-7,11H,8H2. The Morgan fingerprint density at radius 2 is 2.12 bits per heavy atom. The predicted molar refractivity (Wildman–Crippen MR) is 73.1 cm³/mol. The average Bonchev–Trinajstić information content (AvgIpc) is 2.78. The zero-order chi connectivity index (χ0) is 12.3. The van der Waals surface area contributed by atoms with Gasteiger partial charge < -0.3 is 0 Å². The van der Waals surface area contributed by atoms with Crippen LogP contribution in [-0.4, -0.2) is 5.24 Å². The fourth-order valence-electron chi connectivity index (χ4n) is 1.68. The molecule has 88 valence electrons. The summed E-state index contributed by atoms with van der Waals surface area (Å²) in [5.74, 6) is -0.282. The van der Waals surface area contributed by atoms with Gasteiger partial charge in [0.15, 0.2) is 0 Å². The van der Waals surface area contributed by atoms with Gasteiger partial charge in [0, 0.05) is 9.90 Å². The SMILES string of the molecule is O=C(Cl)C(Cc1cccc(Cl)c1)c1cccs1. The van der Waals surface area contributed by atoms with E-state index >= 15 is 0 Å². The van der Waals surface area contributed by atoms with Crippen LogP contribution in [0, 0.1) is 0 Å². The Morgan fingerprint density at radius 1 is 1.29 bits per heavy atom. The van der Waals surface area contributed by atoms with E-state index in [-0.39, 0.29) is 11.2 Å². The molecular formula is C13H10Cl2OS. The van der Waals surface area contributed by atoms with Crippen LogP contribution in [0.5, 0.6) is 0 Å². The third-order valence-electron chi connectivity index (χ3n) is 2.49. The lowest BCUT2D eigenvalue weighted by molar-refractivity contribution is -0.112. The first-order chi connectivity index (χ1) is 8.16. The zero-order valence-corrected chi connectivity index (χ0v) is 11.2. The van der Waals surface area contributed by atoms with Gasteiger partial charge in [-0.3, -0.25) is 4.79 Å².